The quantitative estimate of drug-likeness (QED) is 0.918. The Kier molecular flexibility index (Phi) is 5.25. The molecule has 0 unspecified atom stereocenters. The fourth-order valence-electron chi connectivity index (χ4n) is 2.17. The number of halogens is 1. The Labute approximate surface area is 127 Å². The monoisotopic (exact) mass is 342 g/mol. The Bertz CT molecular complexity index is 481. The van der Waals surface area contributed by atoms with Gasteiger partial charge in [0.15, 0.2) is 0 Å². The van der Waals surface area contributed by atoms with Crippen LogP contribution in [-0.4, -0.2) is 43.8 Å². The molecule has 2 rings (SSSR count). The molecule has 0 aliphatic carbocycles. The lowest BCUT2D eigenvalue weighted by atomic mass is 10.2. The maximum Gasteiger partial charge on any atom is 0.322 e. The van der Waals surface area contributed by atoms with Crippen molar-refractivity contribution < 1.29 is 14.3 Å². The third-order valence-corrected chi connectivity index (χ3v) is 4.03. The number of carbonyl (C=O) groups excluding carboxylic acids is 1. The summed E-state index contributed by atoms with van der Waals surface area (Å²) >= 11 is 3.43. The molecule has 0 aromatic heterocycles. The van der Waals surface area contributed by atoms with E-state index >= 15 is 0 Å². The Morgan fingerprint density at radius 2 is 2.40 bits per heavy atom. The predicted molar refractivity (Wildman–Crippen MR) is 81.3 cm³/mol. The number of rotatable bonds is 3. The van der Waals surface area contributed by atoms with Gasteiger partial charge in [0, 0.05) is 11.0 Å². The van der Waals surface area contributed by atoms with Crippen LogP contribution in [0.1, 0.15) is 13.3 Å². The summed E-state index contributed by atoms with van der Waals surface area (Å²) in [4.78, 5) is 14.2. The maximum absolute atomic E-state index is 12.4. The maximum atomic E-state index is 12.4. The highest BCUT2D eigenvalue weighted by Crippen LogP contribution is 2.27. The molecule has 1 aromatic rings. The van der Waals surface area contributed by atoms with Gasteiger partial charge in [-0.2, -0.15) is 0 Å². The molecule has 2 amide bonds. The smallest absolute Gasteiger partial charge is 0.322 e. The standard InChI is InChI=1S/C14H19BrN2O3/c1-3-10-9-20-7-6-17(10)14(18)16-13-5-4-11(19-2)8-12(13)15/h4-5,8,10H,3,6-7,9H2,1-2H3,(H,16,18)/t10-/m0/s1. The van der Waals surface area contributed by atoms with Crippen molar-refractivity contribution in [2.45, 2.75) is 19.4 Å². The van der Waals surface area contributed by atoms with Crippen molar-refractivity contribution in [2.75, 3.05) is 32.2 Å². The third kappa shape index (κ3) is 3.43. The fraction of sp³-hybridized carbons (Fsp3) is 0.500. The van der Waals surface area contributed by atoms with Crippen molar-refractivity contribution in [3.63, 3.8) is 0 Å². The van der Waals surface area contributed by atoms with E-state index in [-0.39, 0.29) is 12.1 Å². The van der Waals surface area contributed by atoms with Gasteiger partial charge in [0.2, 0.25) is 0 Å². The zero-order valence-electron chi connectivity index (χ0n) is 11.7. The molecule has 1 atom stereocenters. The van der Waals surface area contributed by atoms with Crippen LogP contribution in [-0.2, 0) is 4.74 Å². The van der Waals surface area contributed by atoms with E-state index in [0.717, 1.165) is 22.3 Å². The molecule has 0 bridgehead atoms. The molecule has 1 heterocycles. The first kappa shape index (κ1) is 15.1. The topological polar surface area (TPSA) is 50.8 Å². The molecule has 110 valence electrons. The minimum atomic E-state index is -0.0917. The molecule has 0 spiro atoms. The molecular formula is C14H19BrN2O3. The minimum Gasteiger partial charge on any atom is -0.497 e. The van der Waals surface area contributed by atoms with E-state index in [1.54, 1.807) is 7.11 Å². The summed E-state index contributed by atoms with van der Waals surface area (Å²) in [6, 6.07) is 5.51. The molecule has 20 heavy (non-hydrogen) atoms. The number of nitrogens with zero attached hydrogens (tertiary/aromatic N) is 1. The van der Waals surface area contributed by atoms with Crippen molar-refractivity contribution in [2.24, 2.45) is 0 Å². The second kappa shape index (κ2) is 6.95. The number of ether oxygens (including phenoxy) is 2. The summed E-state index contributed by atoms with van der Waals surface area (Å²) in [7, 11) is 1.61. The second-order valence-corrected chi connectivity index (χ2v) is 5.46. The number of urea groups is 1. The van der Waals surface area contributed by atoms with Gasteiger partial charge in [-0.05, 0) is 40.5 Å². The molecule has 6 heteroatoms. The van der Waals surface area contributed by atoms with Crippen molar-refractivity contribution in [3.05, 3.63) is 22.7 Å². The lowest BCUT2D eigenvalue weighted by Gasteiger charge is -2.35. The van der Waals surface area contributed by atoms with E-state index in [9.17, 15) is 4.79 Å². The van der Waals surface area contributed by atoms with Crippen molar-refractivity contribution in [3.8, 4) is 5.75 Å². The Morgan fingerprint density at radius 3 is 3.05 bits per heavy atom. The van der Waals surface area contributed by atoms with Gasteiger partial charge in [-0.15, -0.1) is 0 Å². The van der Waals surface area contributed by atoms with Crippen molar-refractivity contribution >= 4 is 27.6 Å². The van der Waals surface area contributed by atoms with E-state index < -0.39 is 0 Å². The molecule has 1 fully saturated rings. The first-order valence-electron chi connectivity index (χ1n) is 6.64. The van der Waals surface area contributed by atoms with Crippen molar-refractivity contribution in [1.29, 1.82) is 0 Å². The Morgan fingerprint density at radius 1 is 1.60 bits per heavy atom. The number of amides is 2. The van der Waals surface area contributed by atoms with Crippen LogP contribution >= 0.6 is 15.9 Å². The number of morpholine rings is 1. The van der Waals surface area contributed by atoms with Gasteiger partial charge in [0.05, 0.1) is 32.1 Å². The predicted octanol–water partition coefficient (Wildman–Crippen LogP) is 3.10. The first-order chi connectivity index (χ1) is 9.65. The van der Waals surface area contributed by atoms with Gasteiger partial charge < -0.3 is 19.7 Å². The molecule has 1 saturated heterocycles. The van der Waals surface area contributed by atoms with Crippen LogP contribution in [0.5, 0.6) is 5.75 Å². The normalized spacial score (nSPS) is 18.8. The van der Waals surface area contributed by atoms with Crippen molar-refractivity contribution in [1.82, 2.24) is 4.90 Å². The number of methoxy groups -OCH3 is 1. The Balaban J connectivity index is 2.07. The van der Waals surface area contributed by atoms with E-state index in [1.807, 2.05) is 23.1 Å². The fourth-order valence-corrected chi connectivity index (χ4v) is 2.63. The number of benzene rings is 1. The van der Waals surface area contributed by atoms with Gasteiger partial charge in [0.1, 0.15) is 5.75 Å². The van der Waals surface area contributed by atoms with E-state index in [1.165, 1.54) is 0 Å². The summed E-state index contributed by atoms with van der Waals surface area (Å²) in [5.74, 6) is 0.743. The van der Waals surface area contributed by atoms with Crippen LogP contribution in [0, 0.1) is 0 Å². The van der Waals surface area contributed by atoms with Crippen LogP contribution in [0.25, 0.3) is 0 Å². The summed E-state index contributed by atoms with van der Waals surface area (Å²) in [6.07, 6.45) is 0.886. The summed E-state index contributed by atoms with van der Waals surface area (Å²) in [6.45, 7) is 3.88. The average Bonchev–Trinajstić information content (AvgIpc) is 2.49. The van der Waals surface area contributed by atoms with Crippen LogP contribution in [0.4, 0.5) is 10.5 Å². The first-order valence-corrected chi connectivity index (χ1v) is 7.44. The minimum absolute atomic E-state index is 0.0917. The number of hydrogen-bond acceptors (Lipinski definition) is 3. The van der Waals surface area contributed by atoms with E-state index in [2.05, 4.69) is 28.2 Å². The molecule has 1 N–H and O–H groups in total. The SMILES string of the molecule is CC[C@H]1COCCN1C(=O)Nc1ccc(OC)cc1Br. The molecule has 1 aliphatic rings. The molecule has 1 aliphatic heterocycles. The van der Waals surface area contributed by atoms with Crippen LogP contribution < -0.4 is 10.1 Å². The number of hydrogen-bond donors (Lipinski definition) is 1. The van der Waals surface area contributed by atoms with E-state index in [0.29, 0.717) is 19.8 Å². The Hall–Kier alpha value is -1.27. The summed E-state index contributed by atoms with van der Waals surface area (Å²) in [5.41, 5.74) is 0.733. The van der Waals surface area contributed by atoms with Crippen LogP contribution in [0.3, 0.4) is 0 Å². The van der Waals surface area contributed by atoms with Gasteiger partial charge in [-0.1, -0.05) is 6.92 Å². The second-order valence-electron chi connectivity index (χ2n) is 4.61. The lowest BCUT2D eigenvalue weighted by molar-refractivity contribution is 0.0144. The molecule has 5 nitrogen and oxygen atoms in total. The number of carbonyl (C=O) groups is 1. The number of anilines is 1. The lowest BCUT2D eigenvalue weighted by Crippen LogP contribution is -2.50. The average molecular weight is 343 g/mol. The third-order valence-electron chi connectivity index (χ3n) is 3.38. The van der Waals surface area contributed by atoms with Crippen LogP contribution in [0.15, 0.2) is 22.7 Å². The highest BCUT2D eigenvalue weighted by Gasteiger charge is 2.26. The molecule has 1 aromatic carbocycles. The molecule has 0 radical (unpaired) electrons. The highest BCUT2D eigenvalue weighted by molar-refractivity contribution is 9.10. The zero-order valence-corrected chi connectivity index (χ0v) is 13.3. The van der Waals surface area contributed by atoms with Gasteiger partial charge >= 0.3 is 6.03 Å². The molecule has 0 saturated carbocycles. The number of nitrogens with one attached hydrogen (secondary N) is 1. The zero-order chi connectivity index (χ0) is 14.5. The summed E-state index contributed by atoms with van der Waals surface area (Å²) in [5, 5.41) is 2.92. The van der Waals surface area contributed by atoms with Gasteiger partial charge in [-0.25, -0.2) is 4.79 Å². The van der Waals surface area contributed by atoms with E-state index in [4.69, 9.17) is 9.47 Å². The van der Waals surface area contributed by atoms with Gasteiger partial charge in [0.25, 0.3) is 0 Å². The molecular weight excluding hydrogens is 324 g/mol. The largest absolute Gasteiger partial charge is 0.497 e. The van der Waals surface area contributed by atoms with Crippen LogP contribution in [0.2, 0.25) is 0 Å². The van der Waals surface area contributed by atoms with Gasteiger partial charge in [-0.3, -0.25) is 0 Å². The highest BCUT2D eigenvalue weighted by atomic mass is 79.9. The summed E-state index contributed by atoms with van der Waals surface area (Å²) < 4.78 is 11.3.